The van der Waals surface area contributed by atoms with Crippen molar-refractivity contribution in [3.8, 4) is 0 Å². The van der Waals surface area contributed by atoms with E-state index in [9.17, 15) is 4.79 Å². The second kappa shape index (κ2) is 5.63. The molecule has 0 saturated carbocycles. The van der Waals surface area contributed by atoms with E-state index < -0.39 is 0 Å². The second-order valence-corrected chi connectivity index (χ2v) is 5.25. The zero-order chi connectivity index (χ0) is 10.5. The van der Waals surface area contributed by atoms with Gasteiger partial charge in [-0.15, -0.1) is 0 Å². The first-order valence-electron chi connectivity index (χ1n) is 4.86. The van der Waals surface area contributed by atoms with Gasteiger partial charge in [0.2, 0.25) is 5.91 Å². The van der Waals surface area contributed by atoms with E-state index in [1.54, 1.807) is 0 Å². The molecule has 0 aliphatic rings. The minimum atomic E-state index is -0.236. The van der Waals surface area contributed by atoms with Gasteiger partial charge in [0.25, 0.3) is 0 Å². The van der Waals surface area contributed by atoms with E-state index in [0.29, 0.717) is 4.83 Å². The van der Waals surface area contributed by atoms with Crippen LogP contribution in [0.15, 0.2) is 0 Å². The van der Waals surface area contributed by atoms with Crippen LogP contribution in [0.4, 0.5) is 0 Å². The fourth-order valence-corrected chi connectivity index (χ4v) is 0.909. The smallest absolute Gasteiger partial charge is 0.225 e. The quantitative estimate of drug-likeness (QED) is 0.747. The molecule has 0 fully saturated rings. The van der Waals surface area contributed by atoms with Crippen molar-refractivity contribution in [2.75, 3.05) is 6.54 Å². The molecule has 78 valence electrons. The summed E-state index contributed by atoms with van der Waals surface area (Å²) in [4.78, 5) is 12.0. The Labute approximate surface area is 89.6 Å². The number of carbonyl (C=O) groups is 1. The van der Waals surface area contributed by atoms with Gasteiger partial charge in [0.1, 0.15) is 0 Å². The Bertz CT molecular complexity index is 168. The van der Waals surface area contributed by atoms with Crippen molar-refractivity contribution in [2.45, 2.75) is 45.4 Å². The summed E-state index contributed by atoms with van der Waals surface area (Å²) in [6.07, 6.45) is 1.91. The Morgan fingerprint density at radius 1 is 1.46 bits per heavy atom. The van der Waals surface area contributed by atoms with Crippen molar-refractivity contribution in [3.63, 3.8) is 0 Å². The number of hydrogen-bond donors (Lipinski definition) is 1. The number of halogens is 1. The molecule has 1 atom stereocenters. The Hall–Kier alpha value is -0.0500. The third-order valence-electron chi connectivity index (χ3n) is 2.43. The maximum absolute atomic E-state index is 11.6. The van der Waals surface area contributed by atoms with Crippen LogP contribution in [0.2, 0.25) is 0 Å². The van der Waals surface area contributed by atoms with E-state index in [1.807, 2.05) is 20.8 Å². The highest BCUT2D eigenvalue weighted by atomic mass is 79.9. The Morgan fingerprint density at radius 2 is 2.00 bits per heavy atom. The summed E-state index contributed by atoms with van der Waals surface area (Å²) in [7, 11) is 0. The number of amides is 1. The van der Waals surface area contributed by atoms with E-state index in [2.05, 4.69) is 28.2 Å². The van der Waals surface area contributed by atoms with E-state index in [4.69, 9.17) is 0 Å². The highest BCUT2D eigenvalue weighted by molar-refractivity contribution is 9.09. The van der Waals surface area contributed by atoms with Gasteiger partial charge >= 0.3 is 0 Å². The summed E-state index contributed by atoms with van der Waals surface area (Å²) in [6.45, 7) is 8.79. The molecule has 0 heterocycles. The van der Waals surface area contributed by atoms with Crippen LogP contribution in [-0.2, 0) is 4.79 Å². The van der Waals surface area contributed by atoms with Crippen molar-refractivity contribution in [1.29, 1.82) is 0 Å². The fraction of sp³-hybridized carbons (Fsp3) is 0.900. The standard InChI is InChI=1S/C10H20BrNO/c1-5-8(11)7-12-9(13)10(3,4)6-2/h8H,5-7H2,1-4H3,(H,12,13). The molecule has 1 amide bonds. The molecule has 0 aromatic carbocycles. The molecular weight excluding hydrogens is 230 g/mol. The SMILES string of the molecule is CCC(Br)CNC(=O)C(C)(C)CC. The number of nitrogens with one attached hydrogen (secondary N) is 1. The highest BCUT2D eigenvalue weighted by Gasteiger charge is 2.24. The molecule has 2 nitrogen and oxygen atoms in total. The second-order valence-electron chi connectivity index (χ2n) is 3.95. The Balaban J connectivity index is 3.88. The van der Waals surface area contributed by atoms with Crippen LogP contribution in [0, 0.1) is 5.41 Å². The minimum absolute atomic E-state index is 0.146. The van der Waals surface area contributed by atoms with Gasteiger partial charge in [0.05, 0.1) is 0 Å². The monoisotopic (exact) mass is 249 g/mol. The fourth-order valence-electron chi connectivity index (χ4n) is 0.748. The van der Waals surface area contributed by atoms with Gasteiger partial charge in [-0.05, 0) is 12.8 Å². The molecule has 0 rings (SSSR count). The van der Waals surface area contributed by atoms with E-state index >= 15 is 0 Å². The number of carbonyl (C=O) groups excluding carboxylic acids is 1. The number of hydrogen-bond acceptors (Lipinski definition) is 1. The molecule has 0 aliphatic heterocycles. The molecule has 0 aromatic heterocycles. The van der Waals surface area contributed by atoms with Crippen LogP contribution < -0.4 is 5.32 Å². The van der Waals surface area contributed by atoms with E-state index in [0.717, 1.165) is 19.4 Å². The van der Waals surface area contributed by atoms with Gasteiger partial charge in [0, 0.05) is 16.8 Å². The largest absolute Gasteiger partial charge is 0.355 e. The molecule has 13 heavy (non-hydrogen) atoms. The molecule has 0 aromatic rings. The van der Waals surface area contributed by atoms with Gasteiger partial charge in [-0.25, -0.2) is 0 Å². The van der Waals surface area contributed by atoms with Crippen molar-refractivity contribution in [3.05, 3.63) is 0 Å². The Morgan fingerprint density at radius 3 is 2.38 bits per heavy atom. The molecule has 0 radical (unpaired) electrons. The Kier molecular flexibility index (Phi) is 5.61. The highest BCUT2D eigenvalue weighted by Crippen LogP contribution is 2.19. The third-order valence-corrected chi connectivity index (χ3v) is 3.40. The summed E-state index contributed by atoms with van der Waals surface area (Å²) < 4.78 is 0. The predicted octanol–water partition coefficient (Wildman–Crippen LogP) is 2.71. The zero-order valence-electron chi connectivity index (χ0n) is 8.98. The lowest BCUT2D eigenvalue weighted by Crippen LogP contribution is -2.39. The van der Waals surface area contributed by atoms with Gasteiger partial charge in [-0.3, -0.25) is 4.79 Å². The average Bonchev–Trinajstić information content (AvgIpc) is 2.13. The maximum Gasteiger partial charge on any atom is 0.225 e. The van der Waals surface area contributed by atoms with Gasteiger partial charge < -0.3 is 5.32 Å². The molecule has 0 spiro atoms. The van der Waals surface area contributed by atoms with Crippen LogP contribution in [0.5, 0.6) is 0 Å². The molecule has 1 N–H and O–H groups in total. The summed E-state index contributed by atoms with van der Waals surface area (Å²) in [5.41, 5.74) is -0.236. The first-order chi connectivity index (χ1) is 5.94. The minimum Gasteiger partial charge on any atom is -0.355 e. The van der Waals surface area contributed by atoms with Crippen LogP contribution in [0.1, 0.15) is 40.5 Å². The van der Waals surface area contributed by atoms with Crippen LogP contribution in [-0.4, -0.2) is 17.3 Å². The lowest BCUT2D eigenvalue weighted by atomic mass is 9.89. The van der Waals surface area contributed by atoms with Gasteiger partial charge in [0.15, 0.2) is 0 Å². The van der Waals surface area contributed by atoms with Crippen LogP contribution in [0.25, 0.3) is 0 Å². The van der Waals surface area contributed by atoms with E-state index in [1.165, 1.54) is 0 Å². The topological polar surface area (TPSA) is 29.1 Å². The maximum atomic E-state index is 11.6. The van der Waals surface area contributed by atoms with Crippen molar-refractivity contribution < 1.29 is 4.79 Å². The zero-order valence-corrected chi connectivity index (χ0v) is 10.6. The first-order valence-corrected chi connectivity index (χ1v) is 5.78. The van der Waals surface area contributed by atoms with Crippen molar-refractivity contribution in [2.24, 2.45) is 5.41 Å². The number of rotatable bonds is 5. The summed E-state index contributed by atoms with van der Waals surface area (Å²) in [6, 6.07) is 0. The van der Waals surface area contributed by atoms with E-state index in [-0.39, 0.29) is 11.3 Å². The van der Waals surface area contributed by atoms with Crippen LogP contribution in [0.3, 0.4) is 0 Å². The normalized spacial score (nSPS) is 13.9. The molecule has 0 aliphatic carbocycles. The lowest BCUT2D eigenvalue weighted by Gasteiger charge is -2.22. The van der Waals surface area contributed by atoms with Gasteiger partial charge in [-0.2, -0.15) is 0 Å². The molecule has 0 bridgehead atoms. The summed E-state index contributed by atoms with van der Waals surface area (Å²) in [5.74, 6) is 0.146. The molecule has 0 saturated heterocycles. The third kappa shape index (κ3) is 4.65. The molecule has 3 heteroatoms. The molecule has 1 unspecified atom stereocenters. The van der Waals surface area contributed by atoms with Gasteiger partial charge in [-0.1, -0.05) is 43.6 Å². The molecular formula is C10H20BrNO. The predicted molar refractivity (Wildman–Crippen MR) is 60.1 cm³/mol. The summed E-state index contributed by atoms with van der Waals surface area (Å²) in [5, 5.41) is 2.94. The van der Waals surface area contributed by atoms with Crippen molar-refractivity contribution in [1.82, 2.24) is 5.32 Å². The average molecular weight is 250 g/mol. The lowest BCUT2D eigenvalue weighted by molar-refractivity contribution is -0.129. The first kappa shape index (κ1) is 12.9. The van der Waals surface area contributed by atoms with Crippen molar-refractivity contribution >= 4 is 21.8 Å². The number of alkyl halides is 1. The summed E-state index contributed by atoms with van der Waals surface area (Å²) >= 11 is 3.48. The van der Waals surface area contributed by atoms with Crippen LogP contribution >= 0.6 is 15.9 Å².